The molecule has 1 fully saturated rings. The van der Waals surface area contributed by atoms with Gasteiger partial charge in [0.1, 0.15) is 11.1 Å². The number of nitrogens with one attached hydrogen (secondary N) is 1. The van der Waals surface area contributed by atoms with Crippen LogP contribution >= 0.6 is 23.4 Å². The lowest BCUT2D eigenvalue weighted by Gasteiger charge is -2.29. The SMILES string of the molecule is CSc1ncccc1C(=O)NC1CCC(Oc2ccc(Cl)cn2)CC1. The molecule has 25 heavy (non-hydrogen) atoms. The van der Waals surface area contributed by atoms with Gasteiger partial charge in [-0.05, 0) is 50.1 Å². The molecular weight excluding hydrogens is 358 g/mol. The fourth-order valence-electron chi connectivity index (χ4n) is 2.92. The van der Waals surface area contributed by atoms with E-state index in [2.05, 4.69) is 15.3 Å². The van der Waals surface area contributed by atoms with Crippen LogP contribution in [0.5, 0.6) is 5.88 Å². The molecule has 1 aliphatic rings. The Morgan fingerprint density at radius 2 is 2.04 bits per heavy atom. The molecular formula is C18H20ClN3O2S. The van der Waals surface area contributed by atoms with E-state index < -0.39 is 0 Å². The van der Waals surface area contributed by atoms with Crippen molar-refractivity contribution in [3.05, 3.63) is 47.2 Å². The minimum absolute atomic E-state index is 0.0545. The van der Waals surface area contributed by atoms with Crippen molar-refractivity contribution in [2.75, 3.05) is 6.26 Å². The van der Waals surface area contributed by atoms with Crippen LogP contribution in [0.2, 0.25) is 5.02 Å². The number of pyridine rings is 2. The summed E-state index contributed by atoms with van der Waals surface area (Å²) >= 11 is 7.31. The molecule has 132 valence electrons. The molecule has 1 saturated carbocycles. The van der Waals surface area contributed by atoms with Crippen molar-refractivity contribution in [3.63, 3.8) is 0 Å². The fourth-order valence-corrected chi connectivity index (χ4v) is 3.58. The highest BCUT2D eigenvalue weighted by atomic mass is 35.5. The number of amides is 1. The van der Waals surface area contributed by atoms with E-state index in [-0.39, 0.29) is 18.1 Å². The van der Waals surface area contributed by atoms with Crippen LogP contribution < -0.4 is 10.1 Å². The Labute approximate surface area is 156 Å². The van der Waals surface area contributed by atoms with E-state index in [4.69, 9.17) is 16.3 Å². The van der Waals surface area contributed by atoms with Crippen LogP contribution in [-0.2, 0) is 0 Å². The largest absolute Gasteiger partial charge is 0.474 e. The Hall–Kier alpha value is -1.79. The number of thioether (sulfide) groups is 1. The number of carbonyl (C=O) groups excluding carboxylic acids is 1. The standard InChI is InChI=1S/C18H20ClN3O2S/c1-25-18-15(3-2-10-20-18)17(23)22-13-5-7-14(8-6-13)24-16-9-4-12(19)11-21-16/h2-4,9-11,13-14H,5-8H2,1H3,(H,22,23). The number of ether oxygens (including phenoxy) is 1. The number of nitrogens with zero attached hydrogens (tertiary/aromatic N) is 2. The molecule has 5 nitrogen and oxygen atoms in total. The molecule has 1 N–H and O–H groups in total. The highest BCUT2D eigenvalue weighted by Gasteiger charge is 2.25. The summed E-state index contributed by atoms with van der Waals surface area (Å²) in [4.78, 5) is 20.9. The van der Waals surface area contributed by atoms with E-state index in [1.165, 1.54) is 11.8 Å². The fraction of sp³-hybridized carbons (Fsp3) is 0.389. The lowest BCUT2D eigenvalue weighted by atomic mass is 9.92. The zero-order chi connectivity index (χ0) is 17.6. The molecule has 0 aromatic carbocycles. The Balaban J connectivity index is 1.50. The van der Waals surface area contributed by atoms with Crippen molar-refractivity contribution in [2.45, 2.75) is 42.9 Å². The monoisotopic (exact) mass is 377 g/mol. The average molecular weight is 378 g/mol. The maximum Gasteiger partial charge on any atom is 0.254 e. The first-order valence-electron chi connectivity index (χ1n) is 8.24. The van der Waals surface area contributed by atoms with Crippen LogP contribution in [0.25, 0.3) is 0 Å². The molecule has 0 atom stereocenters. The summed E-state index contributed by atoms with van der Waals surface area (Å²) in [5.41, 5.74) is 0.638. The third-order valence-electron chi connectivity index (χ3n) is 4.21. The second-order valence-electron chi connectivity index (χ2n) is 5.94. The van der Waals surface area contributed by atoms with Gasteiger partial charge in [0.15, 0.2) is 0 Å². The topological polar surface area (TPSA) is 64.1 Å². The van der Waals surface area contributed by atoms with E-state index in [0.717, 1.165) is 30.7 Å². The summed E-state index contributed by atoms with van der Waals surface area (Å²) < 4.78 is 5.89. The van der Waals surface area contributed by atoms with Gasteiger partial charge < -0.3 is 10.1 Å². The van der Waals surface area contributed by atoms with Gasteiger partial charge in [0.05, 0.1) is 10.6 Å². The van der Waals surface area contributed by atoms with Crippen LogP contribution in [0.1, 0.15) is 36.0 Å². The van der Waals surface area contributed by atoms with Crippen molar-refractivity contribution in [1.29, 1.82) is 0 Å². The molecule has 1 aliphatic carbocycles. The van der Waals surface area contributed by atoms with E-state index in [9.17, 15) is 4.79 Å². The lowest BCUT2D eigenvalue weighted by molar-refractivity contribution is 0.0886. The summed E-state index contributed by atoms with van der Waals surface area (Å²) in [5.74, 6) is 0.540. The maximum absolute atomic E-state index is 12.5. The smallest absolute Gasteiger partial charge is 0.254 e. The third-order valence-corrected chi connectivity index (χ3v) is 5.14. The Bertz CT molecular complexity index is 719. The minimum atomic E-state index is -0.0545. The molecule has 2 aromatic heterocycles. The molecule has 3 rings (SSSR count). The van der Waals surface area contributed by atoms with Gasteiger partial charge in [0, 0.05) is 24.5 Å². The first-order chi connectivity index (χ1) is 12.2. The molecule has 0 unspecified atom stereocenters. The van der Waals surface area contributed by atoms with E-state index in [1.807, 2.05) is 12.3 Å². The quantitative estimate of drug-likeness (QED) is 0.798. The Morgan fingerprint density at radius 3 is 2.72 bits per heavy atom. The van der Waals surface area contributed by atoms with E-state index in [0.29, 0.717) is 16.5 Å². The van der Waals surface area contributed by atoms with Gasteiger partial charge in [0.25, 0.3) is 5.91 Å². The summed E-state index contributed by atoms with van der Waals surface area (Å²) in [6.45, 7) is 0. The maximum atomic E-state index is 12.5. The number of hydrogen-bond donors (Lipinski definition) is 1. The molecule has 0 aliphatic heterocycles. The number of carbonyl (C=O) groups is 1. The zero-order valence-electron chi connectivity index (χ0n) is 13.9. The minimum Gasteiger partial charge on any atom is -0.474 e. The molecule has 0 bridgehead atoms. The summed E-state index contributed by atoms with van der Waals surface area (Å²) in [7, 11) is 0. The molecule has 0 saturated heterocycles. The van der Waals surface area contributed by atoms with Gasteiger partial charge in [-0.15, -0.1) is 11.8 Å². The highest BCUT2D eigenvalue weighted by molar-refractivity contribution is 7.98. The summed E-state index contributed by atoms with van der Waals surface area (Å²) in [6.07, 6.45) is 8.89. The Kier molecular flexibility index (Phi) is 6.15. The van der Waals surface area contributed by atoms with Gasteiger partial charge in [0.2, 0.25) is 5.88 Å². The van der Waals surface area contributed by atoms with Crippen molar-refractivity contribution < 1.29 is 9.53 Å². The van der Waals surface area contributed by atoms with Crippen molar-refractivity contribution in [3.8, 4) is 5.88 Å². The van der Waals surface area contributed by atoms with Crippen molar-refractivity contribution in [1.82, 2.24) is 15.3 Å². The molecule has 2 aromatic rings. The Morgan fingerprint density at radius 1 is 1.24 bits per heavy atom. The molecule has 2 heterocycles. The zero-order valence-corrected chi connectivity index (χ0v) is 15.5. The van der Waals surface area contributed by atoms with Gasteiger partial charge in [-0.1, -0.05) is 11.6 Å². The summed E-state index contributed by atoms with van der Waals surface area (Å²) in [5, 5.41) is 4.47. The van der Waals surface area contributed by atoms with Crippen molar-refractivity contribution >= 4 is 29.3 Å². The summed E-state index contributed by atoms with van der Waals surface area (Å²) in [6, 6.07) is 7.32. The van der Waals surface area contributed by atoms with Gasteiger partial charge in [-0.2, -0.15) is 0 Å². The molecule has 0 radical (unpaired) electrons. The normalized spacial score (nSPS) is 20.1. The number of hydrogen-bond acceptors (Lipinski definition) is 5. The van der Waals surface area contributed by atoms with E-state index in [1.54, 1.807) is 30.6 Å². The van der Waals surface area contributed by atoms with Crippen LogP contribution in [0.3, 0.4) is 0 Å². The van der Waals surface area contributed by atoms with Gasteiger partial charge in [-0.3, -0.25) is 4.79 Å². The first kappa shape index (κ1) is 18.0. The molecule has 1 amide bonds. The number of aromatic nitrogens is 2. The van der Waals surface area contributed by atoms with Crippen LogP contribution in [0.4, 0.5) is 0 Å². The predicted molar refractivity (Wildman–Crippen MR) is 99.4 cm³/mol. The molecule has 0 spiro atoms. The van der Waals surface area contributed by atoms with Crippen LogP contribution in [0.15, 0.2) is 41.7 Å². The third kappa shape index (κ3) is 4.86. The lowest BCUT2D eigenvalue weighted by Crippen LogP contribution is -2.40. The van der Waals surface area contributed by atoms with Crippen molar-refractivity contribution in [2.24, 2.45) is 0 Å². The highest BCUT2D eigenvalue weighted by Crippen LogP contribution is 2.24. The van der Waals surface area contributed by atoms with Gasteiger partial charge in [-0.25, -0.2) is 9.97 Å². The van der Waals surface area contributed by atoms with Gasteiger partial charge >= 0.3 is 0 Å². The van der Waals surface area contributed by atoms with E-state index >= 15 is 0 Å². The molecule has 7 heteroatoms. The second kappa shape index (κ2) is 8.54. The van der Waals surface area contributed by atoms with Crippen LogP contribution in [0, 0.1) is 0 Å². The average Bonchev–Trinajstić information content (AvgIpc) is 2.65. The number of rotatable bonds is 5. The number of halogens is 1. The second-order valence-corrected chi connectivity index (χ2v) is 7.17. The van der Waals surface area contributed by atoms with Crippen LogP contribution in [-0.4, -0.2) is 34.3 Å². The predicted octanol–water partition coefficient (Wildman–Crippen LogP) is 3.97. The first-order valence-corrected chi connectivity index (χ1v) is 9.84.